The molecule has 4 nitrogen and oxygen atoms in total. The minimum Gasteiger partial charge on any atom is -0.455 e. The monoisotopic (exact) mass is 581 g/mol. The van der Waals surface area contributed by atoms with Crippen LogP contribution >= 0.6 is 50.9 Å². The molecule has 174 valence electrons. The lowest BCUT2D eigenvalue weighted by Gasteiger charge is -2.06. The zero-order valence-electron chi connectivity index (χ0n) is 18.2. The summed E-state index contributed by atoms with van der Waals surface area (Å²) in [6, 6.07) is 27.3. The average molecular weight is 583 g/mol. The van der Waals surface area contributed by atoms with Crippen LogP contribution in [0, 0.1) is 0 Å². The maximum atomic E-state index is 6.37. The van der Waals surface area contributed by atoms with Gasteiger partial charge in [-0.15, -0.1) is 0 Å². The minimum absolute atomic E-state index is 0.563. The maximum Gasteiger partial charge on any atom is 0.189 e. The van der Waals surface area contributed by atoms with Crippen molar-refractivity contribution in [3.05, 3.63) is 117 Å². The summed E-state index contributed by atoms with van der Waals surface area (Å²) < 4.78 is 8.75. The van der Waals surface area contributed by atoms with E-state index in [1.165, 1.54) is 11.8 Å². The smallest absolute Gasteiger partial charge is 0.189 e. The molecular formula is C27H18BrCl2N3OS. The van der Waals surface area contributed by atoms with Gasteiger partial charge in [0, 0.05) is 31.4 Å². The van der Waals surface area contributed by atoms with E-state index in [-0.39, 0.29) is 0 Å². The van der Waals surface area contributed by atoms with Crippen molar-refractivity contribution in [3.8, 4) is 22.6 Å². The molecule has 3 aromatic carbocycles. The number of imidazole rings is 1. The summed E-state index contributed by atoms with van der Waals surface area (Å²) in [5.41, 5.74) is 3.70. The molecular weight excluding hydrogens is 565 g/mol. The molecule has 0 spiro atoms. The normalized spacial score (nSPS) is 11.4. The molecule has 0 radical (unpaired) electrons. The predicted molar refractivity (Wildman–Crippen MR) is 149 cm³/mol. The number of hydrogen-bond acceptors (Lipinski definition) is 4. The molecule has 0 aliphatic carbocycles. The van der Waals surface area contributed by atoms with Crippen LogP contribution in [0.1, 0.15) is 11.3 Å². The van der Waals surface area contributed by atoms with E-state index in [1.54, 1.807) is 10.9 Å². The summed E-state index contributed by atoms with van der Waals surface area (Å²) in [5.74, 6) is 1.98. The van der Waals surface area contributed by atoms with Crippen molar-refractivity contribution in [2.45, 2.75) is 10.9 Å². The first-order chi connectivity index (χ1) is 17.1. The van der Waals surface area contributed by atoms with E-state index in [1.807, 2.05) is 91.1 Å². The molecule has 5 aromatic rings. The zero-order chi connectivity index (χ0) is 24.2. The van der Waals surface area contributed by atoms with Crippen LogP contribution in [0.4, 0.5) is 0 Å². The zero-order valence-corrected chi connectivity index (χ0v) is 22.2. The lowest BCUT2D eigenvalue weighted by molar-refractivity contribution is 0.573. The maximum absolute atomic E-state index is 6.37. The summed E-state index contributed by atoms with van der Waals surface area (Å²) in [6.07, 6.45) is 3.59. The number of nitrogens with zero attached hydrogens (tertiary/aromatic N) is 3. The first kappa shape index (κ1) is 23.9. The first-order valence-electron chi connectivity index (χ1n) is 10.7. The third-order valence-corrected chi connectivity index (χ3v) is 7.40. The second-order valence-electron chi connectivity index (χ2n) is 7.56. The summed E-state index contributed by atoms with van der Waals surface area (Å²) in [6.45, 7) is 0. The molecule has 2 aromatic heterocycles. The molecule has 0 saturated carbocycles. The number of rotatable bonds is 7. The SMILES string of the molecule is Clc1cccc(Cl)c1CSc1nc(-c2ccccc2)cn1N=Cc1ccc(-c2ccc(Br)cc2)o1. The number of thioether (sulfide) groups is 1. The van der Waals surface area contributed by atoms with Crippen LogP contribution in [0.5, 0.6) is 0 Å². The van der Waals surface area contributed by atoms with Gasteiger partial charge in [0.25, 0.3) is 0 Å². The van der Waals surface area contributed by atoms with E-state index >= 15 is 0 Å². The Bertz CT molecular complexity index is 1460. The van der Waals surface area contributed by atoms with E-state index in [4.69, 9.17) is 32.6 Å². The Labute approximate surface area is 225 Å². The van der Waals surface area contributed by atoms with Gasteiger partial charge in [0.05, 0.1) is 18.1 Å². The van der Waals surface area contributed by atoms with Gasteiger partial charge in [0.15, 0.2) is 5.16 Å². The Hall–Kier alpha value is -2.77. The van der Waals surface area contributed by atoms with Crippen molar-refractivity contribution in [3.63, 3.8) is 0 Å². The molecule has 0 saturated heterocycles. The molecule has 0 atom stereocenters. The van der Waals surface area contributed by atoms with Crippen molar-refractivity contribution in [2.24, 2.45) is 5.10 Å². The van der Waals surface area contributed by atoms with Crippen LogP contribution in [0.3, 0.4) is 0 Å². The van der Waals surface area contributed by atoms with Crippen molar-refractivity contribution in [1.82, 2.24) is 9.66 Å². The summed E-state index contributed by atoms with van der Waals surface area (Å²) in [7, 11) is 0. The Morgan fingerprint density at radius 2 is 1.63 bits per heavy atom. The number of hydrogen-bond donors (Lipinski definition) is 0. The van der Waals surface area contributed by atoms with E-state index in [9.17, 15) is 0 Å². The van der Waals surface area contributed by atoms with Crippen molar-refractivity contribution >= 4 is 57.1 Å². The predicted octanol–water partition coefficient (Wildman–Crippen LogP) is 9.05. The molecule has 0 aliphatic heterocycles. The van der Waals surface area contributed by atoms with Crippen LogP contribution < -0.4 is 0 Å². The van der Waals surface area contributed by atoms with Crippen LogP contribution in [0.15, 0.2) is 110 Å². The van der Waals surface area contributed by atoms with Gasteiger partial charge < -0.3 is 4.42 Å². The van der Waals surface area contributed by atoms with Gasteiger partial charge in [-0.1, -0.05) is 99.4 Å². The summed E-state index contributed by atoms with van der Waals surface area (Å²) in [5, 5.41) is 6.62. The highest BCUT2D eigenvalue weighted by Gasteiger charge is 2.13. The fourth-order valence-electron chi connectivity index (χ4n) is 3.40. The van der Waals surface area contributed by atoms with Gasteiger partial charge >= 0.3 is 0 Å². The number of aromatic nitrogens is 2. The molecule has 0 bridgehead atoms. The van der Waals surface area contributed by atoms with Crippen molar-refractivity contribution in [1.29, 1.82) is 0 Å². The highest BCUT2D eigenvalue weighted by Crippen LogP contribution is 2.32. The second-order valence-corrected chi connectivity index (χ2v) is 10.2. The minimum atomic E-state index is 0.563. The summed E-state index contributed by atoms with van der Waals surface area (Å²) in [4.78, 5) is 4.82. The van der Waals surface area contributed by atoms with E-state index < -0.39 is 0 Å². The third-order valence-electron chi connectivity index (χ3n) is 5.20. The fourth-order valence-corrected chi connectivity index (χ4v) is 5.33. The van der Waals surface area contributed by atoms with E-state index in [2.05, 4.69) is 21.0 Å². The molecule has 0 aliphatic rings. The van der Waals surface area contributed by atoms with Gasteiger partial charge in [0.1, 0.15) is 11.5 Å². The topological polar surface area (TPSA) is 43.3 Å². The molecule has 0 N–H and O–H groups in total. The van der Waals surface area contributed by atoms with E-state index in [0.29, 0.717) is 21.6 Å². The standard InChI is InChI=1S/C27H18BrCl2N3OS/c28-20-11-9-19(10-12-20)26-14-13-21(34-26)15-31-33-16-25(18-5-2-1-3-6-18)32-27(33)35-17-22-23(29)7-4-8-24(22)30/h1-16H,17H2. The van der Waals surface area contributed by atoms with Crippen LogP contribution in [-0.4, -0.2) is 15.9 Å². The quantitative estimate of drug-likeness (QED) is 0.142. The van der Waals surface area contributed by atoms with Gasteiger partial charge in [0.2, 0.25) is 0 Å². The lowest BCUT2D eigenvalue weighted by atomic mass is 10.2. The Balaban J connectivity index is 1.42. The lowest BCUT2D eigenvalue weighted by Crippen LogP contribution is -1.93. The molecule has 8 heteroatoms. The van der Waals surface area contributed by atoms with Crippen molar-refractivity contribution in [2.75, 3.05) is 0 Å². The van der Waals surface area contributed by atoms with Gasteiger partial charge in [-0.25, -0.2) is 9.66 Å². The number of benzene rings is 3. The Kier molecular flexibility index (Phi) is 7.44. The molecule has 35 heavy (non-hydrogen) atoms. The average Bonchev–Trinajstić information content (AvgIpc) is 3.51. The molecule has 2 heterocycles. The molecule has 0 amide bonds. The number of furan rings is 1. The molecule has 0 unspecified atom stereocenters. The van der Waals surface area contributed by atoms with Crippen LogP contribution in [0.2, 0.25) is 10.0 Å². The van der Waals surface area contributed by atoms with Crippen molar-refractivity contribution < 1.29 is 4.42 Å². The number of halogens is 3. The Morgan fingerprint density at radius 1 is 0.886 bits per heavy atom. The van der Waals surface area contributed by atoms with Crippen LogP contribution in [0.25, 0.3) is 22.6 Å². The highest BCUT2D eigenvalue weighted by molar-refractivity contribution is 9.10. The summed E-state index contributed by atoms with van der Waals surface area (Å²) >= 11 is 17.7. The second kappa shape index (κ2) is 10.9. The van der Waals surface area contributed by atoms with Gasteiger partial charge in [-0.2, -0.15) is 5.10 Å². The molecule has 5 rings (SSSR count). The largest absolute Gasteiger partial charge is 0.455 e. The van der Waals surface area contributed by atoms with Gasteiger partial charge in [-0.05, 0) is 42.0 Å². The molecule has 0 fully saturated rings. The van der Waals surface area contributed by atoms with Gasteiger partial charge in [-0.3, -0.25) is 0 Å². The fraction of sp³-hybridized carbons (Fsp3) is 0.0370. The van der Waals surface area contributed by atoms with Crippen LogP contribution in [-0.2, 0) is 5.75 Å². The van der Waals surface area contributed by atoms with E-state index in [0.717, 1.165) is 37.8 Å². The third kappa shape index (κ3) is 5.73. The first-order valence-corrected chi connectivity index (χ1v) is 13.2. The Morgan fingerprint density at radius 3 is 2.37 bits per heavy atom. The highest BCUT2D eigenvalue weighted by atomic mass is 79.9.